The summed E-state index contributed by atoms with van der Waals surface area (Å²) in [5.41, 5.74) is 0.567. The summed E-state index contributed by atoms with van der Waals surface area (Å²) in [6, 6.07) is -0.555. The molecule has 1 aromatic rings. The monoisotopic (exact) mass is 465 g/mol. The van der Waals surface area contributed by atoms with Crippen molar-refractivity contribution in [3.63, 3.8) is 0 Å². The maximum atomic E-state index is 12.8. The molecule has 3 aliphatic rings. The zero-order chi connectivity index (χ0) is 24.0. The van der Waals surface area contributed by atoms with Crippen LogP contribution in [-0.2, 0) is 18.9 Å². The molecule has 2 N–H and O–H groups in total. The number of H-pyrrole nitrogens is 1. The van der Waals surface area contributed by atoms with Crippen LogP contribution in [0.4, 0.5) is 4.79 Å². The Kier molecular flexibility index (Phi) is 6.45. The fraction of sp³-hybridized carbons (Fsp3) is 0.783. The highest BCUT2D eigenvalue weighted by Gasteiger charge is 2.72. The lowest BCUT2D eigenvalue weighted by atomic mass is 9.68. The Morgan fingerprint density at radius 3 is 2.67 bits per heavy atom. The summed E-state index contributed by atoms with van der Waals surface area (Å²) in [5.74, 6) is -0.517. The fourth-order valence-corrected chi connectivity index (χ4v) is 5.29. The molecule has 1 spiro atoms. The van der Waals surface area contributed by atoms with Crippen molar-refractivity contribution in [2.75, 3.05) is 13.7 Å². The van der Waals surface area contributed by atoms with Crippen molar-refractivity contribution >= 4 is 6.09 Å². The molecule has 184 valence electrons. The molecule has 2 unspecified atom stereocenters. The number of epoxide rings is 2. The topological polar surface area (TPSA) is 132 Å². The van der Waals surface area contributed by atoms with E-state index in [1.807, 2.05) is 13.8 Å². The second-order valence-electron chi connectivity index (χ2n) is 10.2. The maximum Gasteiger partial charge on any atom is 0.438 e. The third-order valence-electron chi connectivity index (χ3n) is 7.19. The molecule has 10 nitrogen and oxygen atoms in total. The molecule has 1 amide bonds. The smallest absolute Gasteiger partial charge is 0.438 e. The van der Waals surface area contributed by atoms with Crippen LogP contribution in [0, 0.1) is 11.8 Å². The van der Waals surface area contributed by atoms with E-state index in [1.165, 1.54) is 5.57 Å². The second-order valence-corrected chi connectivity index (χ2v) is 10.2. The van der Waals surface area contributed by atoms with Crippen molar-refractivity contribution in [3.05, 3.63) is 28.0 Å². The highest BCUT2D eigenvalue weighted by Crippen LogP contribution is 2.59. The van der Waals surface area contributed by atoms with Crippen LogP contribution >= 0.6 is 0 Å². The molecule has 4 rings (SSSR count). The third kappa shape index (κ3) is 4.74. The van der Waals surface area contributed by atoms with Gasteiger partial charge in [-0.2, -0.15) is 0 Å². The summed E-state index contributed by atoms with van der Waals surface area (Å²) in [6.45, 7) is 10.7. The van der Waals surface area contributed by atoms with Crippen molar-refractivity contribution in [3.8, 4) is 0 Å². The summed E-state index contributed by atoms with van der Waals surface area (Å²) >= 11 is 0. The molecule has 3 heterocycles. The van der Waals surface area contributed by atoms with E-state index in [4.69, 9.17) is 18.9 Å². The summed E-state index contributed by atoms with van der Waals surface area (Å²) in [5, 5.41) is 6.52. The van der Waals surface area contributed by atoms with Gasteiger partial charge in [0.15, 0.2) is 5.82 Å². The third-order valence-corrected chi connectivity index (χ3v) is 7.19. The lowest BCUT2D eigenvalue weighted by molar-refractivity contribution is -0.118. The largest absolute Gasteiger partial charge is 0.443 e. The minimum Gasteiger partial charge on any atom is -0.443 e. The number of amides is 1. The molecule has 2 saturated heterocycles. The van der Waals surface area contributed by atoms with E-state index >= 15 is 0 Å². The number of alkyl carbamates (subject to hydrolysis) is 1. The Morgan fingerprint density at radius 2 is 2.12 bits per heavy atom. The van der Waals surface area contributed by atoms with E-state index in [-0.39, 0.29) is 35.5 Å². The highest BCUT2D eigenvalue weighted by molar-refractivity contribution is 5.68. The first kappa shape index (κ1) is 24.0. The van der Waals surface area contributed by atoms with Crippen LogP contribution in [-0.4, -0.2) is 59.5 Å². The van der Waals surface area contributed by atoms with E-state index < -0.39 is 29.6 Å². The number of hydrogen-bond acceptors (Lipinski definition) is 8. The molecule has 0 radical (unpaired) electrons. The van der Waals surface area contributed by atoms with Gasteiger partial charge in [-0.1, -0.05) is 30.7 Å². The number of carbonyl (C=O) groups is 1. The van der Waals surface area contributed by atoms with Crippen LogP contribution in [0.15, 0.2) is 21.0 Å². The van der Waals surface area contributed by atoms with Gasteiger partial charge >= 0.3 is 11.8 Å². The van der Waals surface area contributed by atoms with Gasteiger partial charge in [-0.15, -0.1) is 0 Å². The number of carbonyl (C=O) groups excluding carboxylic acids is 1. The molecule has 1 aromatic heterocycles. The Balaban J connectivity index is 1.46. The van der Waals surface area contributed by atoms with Crippen molar-refractivity contribution in [2.24, 2.45) is 11.8 Å². The van der Waals surface area contributed by atoms with Crippen molar-refractivity contribution in [2.45, 2.75) is 89.4 Å². The van der Waals surface area contributed by atoms with Crippen LogP contribution in [0.1, 0.15) is 65.7 Å². The fourth-order valence-electron chi connectivity index (χ4n) is 5.29. The molecule has 10 heteroatoms. The minimum atomic E-state index is -0.671. The molecule has 3 fully saturated rings. The van der Waals surface area contributed by atoms with Crippen LogP contribution in [0.25, 0.3) is 0 Å². The molecule has 33 heavy (non-hydrogen) atoms. The van der Waals surface area contributed by atoms with Crippen molar-refractivity contribution in [1.29, 1.82) is 0 Å². The molecular formula is C23H35N3O7. The van der Waals surface area contributed by atoms with E-state index in [1.54, 1.807) is 7.11 Å². The highest BCUT2D eigenvalue weighted by atomic mass is 16.6. The molecular weight excluding hydrogens is 430 g/mol. The molecule has 0 bridgehead atoms. The lowest BCUT2D eigenvalue weighted by Crippen LogP contribution is -2.56. The number of nitrogens with one attached hydrogen (secondary N) is 2. The molecule has 1 aliphatic carbocycles. The van der Waals surface area contributed by atoms with Gasteiger partial charge < -0.3 is 24.3 Å². The van der Waals surface area contributed by atoms with Gasteiger partial charge in [0.05, 0.1) is 24.7 Å². The molecule has 7 atom stereocenters. The van der Waals surface area contributed by atoms with Crippen LogP contribution in [0.2, 0.25) is 0 Å². The Morgan fingerprint density at radius 1 is 1.39 bits per heavy atom. The summed E-state index contributed by atoms with van der Waals surface area (Å²) < 4.78 is 28.5. The van der Waals surface area contributed by atoms with Gasteiger partial charge in [0, 0.05) is 7.11 Å². The first-order chi connectivity index (χ1) is 15.6. The number of hydrogen-bond donors (Lipinski definition) is 2. The average Bonchev–Trinajstić information content (AvgIpc) is 3.62. The lowest BCUT2D eigenvalue weighted by Gasteiger charge is -2.42. The number of allylic oxidation sites excluding steroid dienone is 1. The van der Waals surface area contributed by atoms with Gasteiger partial charge in [-0.3, -0.25) is 9.51 Å². The number of nitrogens with zero attached hydrogens (tertiary/aromatic N) is 1. The van der Waals surface area contributed by atoms with Crippen LogP contribution < -0.4 is 11.1 Å². The van der Waals surface area contributed by atoms with Crippen molar-refractivity contribution < 1.29 is 28.3 Å². The Labute approximate surface area is 193 Å². The molecule has 1 saturated carbocycles. The van der Waals surface area contributed by atoms with Gasteiger partial charge in [-0.05, 0) is 46.0 Å². The summed E-state index contributed by atoms with van der Waals surface area (Å²) in [4.78, 5) is 26.7. The average molecular weight is 466 g/mol. The quantitative estimate of drug-likeness (QED) is 0.442. The summed E-state index contributed by atoms with van der Waals surface area (Å²) in [7, 11) is 1.64. The van der Waals surface area contributed by atoms with Crippen LogP contribution in [0.3, 0.4) is 0 Å². The standard InChI is InChI=1S/C23H35N3O7/c1-12(2)7-8-15-22(5,32-15)18-17(29-6)14(9-10-23(18)11-30-23)31-20(27)24-16(13(3)4)19-25-21(28)33-26-19/h7,13-18H,8-11H2,1-6H3,(H,24,27)(H,25,26,28)/t14-,15-,16?,17-,18?,22+,23+/m1/s1. The zero-order valence-corrected chi connectivity index (χ0v) is 20.2. The predicted octanol–water partition coefficient (Wildman–Crippen LogP) is 2.86. The SMILES string of the molecule is CO[C@H]1C([C@@]2(C)O[C@@H]2CC=C(C)C)[C@]2(CC[C@H]1OC(=O)NC(c1noc(=O)[nH]1)C(C)C)CO2. The second kappa shape index (κ2) is 8.88. The normalized spacial score (nSPS) is 35.8. The number of aromatic amines is 1. The van der Waals surface area contributed by atoms with E-state index in [0.29, 0.717) is 13.0 Å². The Hall–Kier alpha value is -2.17. The van der Waals surface area contributed by atoms with E-state index in [0.717, 1.165) is 12.8 Å². The van der Waals surface area contributed by atoms with Crippen LogP contribution in [0.5, 0.6) is 0 Å². The summed E-state index contributed by atoms with van der Waals surface area (Å²) in [6.07, 6.45) is 3.08. The maximum absolute atomic E-state index is 12.8. The number of ether oxygens (including phenoxy) is 4. The number of aromatic nitrogens is 2. The minimum absolute atomic E-state index is 0.0478. The number of rotatable bonds is 8. The van der Waals surface area contributed by atoms with E-state index in [2.05, 4.69) is 46.8 Å². The first-order valence-corrected chi connectivity index (χ1v) is 11.6. The van der Waals surface area contributed by atoms with Crippen molar-refractivity contribution in [1.82, 2.24) is 15.5 Å². The van der Waals surface area contributed by atoms with Gasteiger partial charge in [-0.25, -0.2) is 9.59 Å². The zero-order valence-electron chi connectivity index (χ0n) is 20.2. The molecule has 2 aliphatic heterocycles. The predicted molar refractivity (Wildman–Crippen MR) is 118 cm³/mol. The number of methoxy groups -OCH3 is 1. The Bertz CT molecular complexity index is 946. The molecule has 0 aromatic carbocycles. The first-order valence-electron chi connectivity index (χ1n) is 11.6. The van der Waals surface area contributed by atoms with E-state index in [9.17, 15) is 9.59 Å². The van der Waals surface area contributed by atoms with Gasteiger partial charge in [0.25, 0.3) is 0 Å². The van der Waals surface area contributed by atoms with Gasteiger partial charge in [0.1, 0.15) is 23.4 Å². The van der Waals surface area contributed by atoms with Gasteiger partial charge in [0.2, 0.25) is 0 Å².